The monoisotopic (exact) mass is 232 g/mol. The average molecular weight is 232 g/mol. The van der Waals surface area contributed by atoms with E-state index >= 15 is 0 Å². The van der Waals surface area contributed by atoms with Gasteiger partial charge >= 0.3 is 0 Å². The number of hydrogen-bond acceptors (Lipinski definition) is 2. The summed E-state index contributed by atoms with van der Waals surface area (Å²) >= 11 is 0. The molecule has 0 aromatic carbocycles. The Bertz CT molecular complexity index is 415. The van der Waals surface area contributed by atoms with E-state index in [1.165, 1.54) is 0 Å². The van der Waals surface area contributed by atoms with Crippen LogP contribution < -0.4 is 0 Å². The summed E-state index contributed by atoms with van der Waals surface area (Å²) in [7, 11) is 0. The van der Waals surface area contributed by atoms with Crippen molar-refractivity contribution >= 4 is 5.78 Å². The van der Waals surface area contributed by atoms with Crippen LogP contribution in [-0.4, -0.2) is 17.0 Å². The minimum absolute atomic E-state index is 0.115. The van der Waals surface area contributed by atoms with Crippen molar-refractivity contribution in [3.63, 3.8) is 0 Å². The summed E-state index contributed by atoms with van der Waals surface area (Å²) in [4.78, 5) is 11.9. The van der Waals surface area contributed by atoms with Gasteiger partial charge in [-0.05, 0) is 38.7 Å². The van der Waals surface area contributed by atoms with Crippen LogP contribution >= 0.6 is 0 Å². The second kappa shape index (κ2) is 4.61. The molecule has 1 saturated carbocycles. The number of ketones is 1. The molecule has 0 radical (unpaired) electrons. The van der Waals surface area contributed by atoms with Crippen LogP contribution in [0.2, 0.25) is 0 Å². The molecule has 0 saturated heterocycles. The summed E-state index contributed by atoms with van der Waals surface area (Å²) in [5.74, 6) is 0.115. The highest BCUT2D eigenvalue weighted by molar-refractivity contribution is 6.06. The van der Waals surface area contributed by atoms with E-state index in [2.05, 4.69) is 6.92 Å². The van der Waals surface area contributed by atoms with Crippen LogP contribution in [0.3, 0.4) is 0 Å². The SMILES string of the molecule is CC=CC=C1C[C@@]2(C)C(=CC1=O)CCC[C@@H]2O. The average Bonchev–Trinajstić information content (AvgIpc) is 2.30. The lowest BCUT2D eigenvalue weighted by Gasteiger charge is -2.43. The molecule has 2 nitrogen and oxygen atoms in total. The van der Waals surface area contributed by atoms with Crippen molar-refractivity contribution in [2.45, 2.75) is 45.6 Å². The standard InChI is InChI=1S/C15H20O2/c1-3-4-6-11-10-15(2)12(9-13(11)16)7-5-8-14(15)17/h3-4,6,9,14,17H,5,7-8,10H2,1-2H3/t14-,15-/m0/s1. The molecule has 92 valence electrons. The molecule has 0 amide bonds. The molecule has 2 rings (SSSR count). The first-order chi connectivity index (χ1) is 8.08. The molecular formula is C15H20O2. The van der Waals surface area contributed by atoms with Gasteiger partial charge in [-0.2, -0.15) is 0 Å². The number of carbonyl (C=O) groups excluding carboxylic acids is 1. The molecule has 0 unspecified atom stereocenters. The Balaban J connectivity index is 2.37. The normalized spacial score (nSPS) is 36.2. The number of fused-ring (bicyclic) bond motifs is 1. The van der Waals surface area contributed by atoms with Crippen LogP contribution in [0.15, 0.2) is 35.5 Å². The molecule has 0 bridgehead atoms. The first-order valence-electron chi connectivity index (χ1n) is 6.33. The van der Waals surface area contributed by atoms with Crippen molar-refractivity contribution in [2.75, 3.05) is 0 Å². The van der Waals surface area contributed by atoms with Gasteiger partial charge in [0.05, 0.1) is 6.10 Å². The zero-order valence-electron chi connectivity index (χ0n) is 10.6. The zero-order valence-corrected chi connectivity index (χ0v) is 10.6. The van der Waals surface area contributed by atoms with E-state index in [4.69, 9.17) is 0 Å². The second-order valence-corrected chi connectivity index (χ2v) is 5.25. The van der Waals surface area contributed by atoms with Gasteiger partial charge in [0, 0.05) is 11.0 Å². The molecule has 0 aliphatic heterocycles. The molecule has 2 atom stereocenters. The van der Waals surface area contributed by atoms with Crippen LogP contribution in [0.25, 0.3) is 0 Å². The lowest BCUT2D eigenvalue weighted by molar-refractivity contribution is -0.112. The Morgan fingerprint density at radius 3 is 3.00 bits per heavy atom. The van der Waals surface area contributed by atoms with E-state index in [0.29, 0.717) is 6.42 Å². The maximum Gasteiger partial charge on any atom is 0.181 e. The Morgan fingerprint density at radius 2 is 2.29 bits per heavy atom. The fraction of sp³-hybridized carbons (Fsp3) is 0.533. The Kier molecular flexibility index (Phi) is 3.34. The number of carbonyl (C=O) groups is 1. The quantitative estimate of drug-likeness (QED) is 0.706. The van der Waals surface area contributed by atoms with Crippen LogP contribution in [-0.2, 0) is 4.79 Å². The van der Waals surface area contributed by atoms with Gasteiger partial charge in [-0.25, -0.2) is 0 Å². The number of aliphatic hydroxyl groups excluding tert-OH is 1. The van der Waals surface area contributed by atoms with Crippen molar-refractivity contribution in [2.24, 2.45) is 5.41 Å². The summed E-state index contributed by atoms with van der Waals surface area (Å²) in [5, 5.41) is 10.2. The van der Waals surface area contributed by atoms with Gasteiger partial charge in [0.15, 0.2) is 5.78 Å². The number of hydrogen-bond donors (Lipinski definition) is 1. The fourth-order valence-electron chi connectivity index (χ4n) is 2.86. The molecule has 2 heteroatoms. The highest BCUT2D eigenvalue weighted by Crippen LogP contribution is 2.47. The Morgan fingerprint density at radius 1 is 1.53 bits per heavy atom. The van der Waals surface area contributed by atoms with Gasteiger partial charge in [-0.1, -0.05) is 30.7 Å². The van der Waals surface area contributed by atoms with E-state index in [9.17, 15) is 9.90 Å². The summed E-state index contributed by atoms with van der Waals surface area (Å²) in [6.45, 7) is 4.02. The number of allylic oxidation sites excluding steroid dienone is 5. The topological polar surface area (TPSA) is 37.3 Å². The maximum absolute atomic E-state index is 11.9. The van der Waals surface area contributed by atoms with Gasteiger partial charge in [0.1, 0.15) is 0 Å². The van der Waals surface area contributed by atoms with E-state index < -0.39 is 0 Å². The molecule has 1 fully saturated rings. The van der Waals surface area contributed by atoms with Crippen molar-refractivity contribution in [3.8, 4) is 0 Å². The van der Waals surface area contributed by atoms with E-state index in [0.717, 1.165) is 30.4 Å². The highest BCUT2D eigenvalue weighted by Gasteiger charge is 2.43. The van der Waals surface area contributed by atoms with Crippen molar-refractivity contribution < 1.29 is 9.90 Å². The zero-order chi connectivity index (χ0) is 12.5. The van der Waals surface area contributed by atoms with Crippen LogP contribution in [0.5, 0.6) is 0 Å². The van der Waals surface area contributed by atoms with Crippen molar-refractivity contribution in [1.82, 2.24) is 0 Å². The minimum atomic E-state index is -0.315. The van der Waals surface area contributed by atoms with Crippen molar-refractivity contribution in [3.05, 3.63) is 35.5 Å². The molecule has 0 aromatic heterocycles. The fourth-order valence-corrected chi connectivity index (χ4v) is 2.86. The van der Waals surface area contributed by atoms with E-state index in [-0.39, 0.29) is 17.3 Å². The number of rotatable bonds is 1. The lowest BCUT2D eigenvalue weighted by Crippen LogP contribution is -2.41. The van der Waals surface area contributed by atoms with E-state index in [1.54, 1.807) is 6.08 Å². The van der Waals surface area contributed by atoms with Gasteiger partial charge in [0.2, 0.25) is 0 Å². The van der Waals surface area contributed by atoms with Crippen LogP contribution in [0.1, 0.15) is 39.5 Å². The number of aliphatic hydroxyl groups is 1. The third kappa shape index (κ3) is 2.14. The molecular weight excluding hydrogens is 212 g/mol. The van der Waals surface area contributed by atoms with Gasteiger partial charge in [-0.3, -0.25) is 4.79 Å². The lowest BCUT2D eigenvalue weighted by atomic mass is 9.63. The summed E-state index contributed by atoms with van der Waals surface area (Å²) in [5.41, 5.74) is 1.73. The van der Waals surface area contributed by atoms with Crippen LogP contribution in [0, 0.1) is 5.41 Å². The molecule has 0 heterocycles. The predicted molar refractivity (Wildman–Crippen MR) is 68.6 cm³/mol. The molecule has 0 spiro atoms. The Labute approximate surface area is 103 Å². The minimum Gasteiger partial charge on any atom is -0.392 e. The highest BCUT2D eigenvalue weighted by atomic mass is 16.3. The predicted octanol–water partition coefficient (Wildman–Crippen LogP) is 2.94. The largest absolute Gasteiger partial charge is 0.392 e. The molecule has 0 aromatic rings. The summed E-state index contributed by atoms with van der Waals surface area (Å²) < 4.78 is 0. The molecule has 17 heavy (non-hydrogen) atoms. The van der Waals surface area contributed by atoms with Gasteiger partial charge < -0.3 is 5.11 Å². The maximum atomic E-state index is 11.9. The smallest absolute Gasteiger partial charge is 0.181 e. The summed E-state index contributed by atoms with van der Waals surface area (Å²) in [6.07, 6.45) is 10.6. The summed E-state index contributed by atoms with van der Waals surface area (Å²) in [6, 6.07) is 0. The molecule has 2 aliphatic carbocycles. The molecule has 1 N–H and O–H groups in total. The third-order valence-electron chi connectivity index (χ3n) is 4.06. The second-order valence-electron chi connectivity index (χ2n) is 5.25. The Hall–Kier alpha value is -1.15. The third-order valence-corrected chi connectivity index (χ3v) is 4.06. The molecule has 2 aliphatic rings. The van der Waals surface area contributed by atoms with E-state index in [1.807, 2.05) is 25.2 Å². The first kappa shape index (κ1) is 12.3. The van der Waals surface area contributed by atoms with Crippen LogP contribution in [0.4, 0.5) is 0 Å². The first-order valence-corrected chi connectivity index (χ1v) is 6.33. The van der Waals surface area contributed by atoms with Gasteiger partial charge in [-0.15, -0.1) is 0 Å². The van der Waals surface area contributed by atoms with Crippen molar-refractivity contribution in [1.29, 1.82) is 0 Å². The van der Waals surface area contributed by atoms with Gasteiger partial charge in [0.25, 0.3) is 0 Å².